The van der Waals surface area contributed by atoms with Crippen molar-refractivity contribution in [2.24, 2.45) is 0 Å². The summed E-state index contributed by atoms with van der Waals surface area (Å²) >= 11 is 0. The van der Waals surface area contributed by atoms with Crippen molar-refractivity contribution in [3.63, 3.8) is 0 Å². The molecule has 3 unspecified atom stereocenters. The van der Waals surface area contributed by atoms with Crippen LogP contribution in [0.1, 0.15) is 47.2 Å². The molecule has 3 atom stereocenters. The highest BCUT2D eigenvalue weighted by Crippen LogP contribution is 2.33. The monoisotopic (exact) mass is 427 g/mol. The van der Waals surface area contributed by atoms with Crippen molar-refractivity contribution in [1.82, 2.24) is 10.8 Å². The number of nitrogens with zero attached hydrogens (tertiary/aromatic N) is 1. The van der Waals surface area contributed by atoms with Gasteiger partial charge in [0.15, 0.2) is 0 Å². The molecule has 1 aliphatic carbocycles. The molecule has 0 fully saturated rings. The number of hydrogen-bond acceptors (Lipinski definition) is 7. The molecule has 1 aliphatic rings. The number of rotatable bonds is 9. The first-order chi connectivity index (χ1) is 14.9. The Bertz CT molecular complexity index is 960. The molecule has 0 aliphatic heterocycles. The molecule has 2 aromatic rings. The van der Waals surface area contributed by atoms with Crippen LogP contribution in [0.3, 0.4) is 0 Å². The number of carbonyl (C=O) groups is 1. The van der Waals surface area contributed by atoms with Gasteiger partial charge in [0.05, 0.1) is 17.6 Å². The van der Waals surface area contributed by atoms with Crippen molar-refractivity contribution in [1.29, 1.82) is 0 Å². The second kappa shape index (κ2) is 10.3. The minimum absolute atomic E-state index is 0.0231. The Morgan fingerprint density at radius 3 is 2.65 bits per heavy atom. The summed E-state index contributed by atoms with van der Waals surface area (Å²) in [6.07, 6.45) is 3.93. The van der Waals surface area contributed by atoms with Crippen LogP contribution in [0.4, 0.5) is 5.69 Å². The SMILES string of the molecule is O=C(/C=C/c1ccc2c(c1)CCC2NC(CO)CC(O)c1ccc([N+](=O)[O-])cc1)NO. The van der Waals surface area contributed by atoms with Crippen LogP contribution < -0.4 is 10.8 Å². The van der Waals surface area contributed by atoms with Crippen molar-refractivity contribution in [3.8, 4) is 0 Å². The lowest BCUT2D eigenvalue weighted by Crippen LogP contribution is -2.36. The van der Waals surface area contributed by atoms with E-state index in [1.807, 2.05) is 18.2 Å². The van der Waals surface area contributed by atoms with E-state index in [9.17, 15) is 25.1 Å². The molecule has 0 heterocycles. The van der Waals surface area contributed by atoms with Crippen LogP contribution in [-0.4, -0.2) is 38.9 Å². The molecule has 9 heteroatoms. The zero-order valence-electron chi connectivity index (χ0n) is 16.8. The average molecular weight is 427 g/mol. The highest BCUT2D eigenvalue weighted by atomic mass is 16.6. The first-order valence-electron chi connectivity index (χ1n) is 9.95. The summed E-state index contributed by atoms with van der Waals surface area (Å²) in [5.41, 5.74) is 5.15. The maximum absolute atomic E-state index is 11.1. The normalized spacial score (nSPS) is 17.3. The maximum atomic E-state index is 11.1. The van der Waals surface area contributed by atoms with E-state index < -0.39 is 16.9 Å². The zero-order chi connectivity index (χ0) is 22.4. The Kier molecular flexibility index (Phi) is 7.48. The lowest BCUT2D eigenvalue weighted by Gasteiger charge is -2.24. The number of aliphatic hydroxyl groups is 2. The largest absolute Gasteiger partial charge is 0.395 e. The van der Waals surface area contributed by atoms with Gasteiger partial charge in [-0.25, -0.2) is 5.48 Å². The van der Waals surface area contributed by atoms with Gasteiger partial charge in [-0.05, 0) is 59.7 Å². The van der Waals surface area contributed by atoms with E-state index in [1.54, 1.807) is 11.6 Å². The highest BCUT2D eigenvalue weighted by Gasteiger charge is 2.26. The highest BCUT2D eigenvalue weighted by molar-refractivity contribution is 5.90. The van der Waals surface area contributed by atoms with E-state index in [2.05, 4.69) is 5.32 Å². The molecule has 9 nitrogen and oxygen atoms in total. The van der Waals surface area contributed by atoms with Gasteiger partial charge in [-0.3, -0.25) is 20.1 Å². The van der Waals surface area contributed by atoms with Gasteiger partial charge in [0.25, 0.3) is 11.6 Å². The molecule has 0 saturated heterocycles. The molecule has 0 spiro atoms. The number of hydroxylamine groups is 1. The van der Waals surface area contributed by atoms with E-state index in [0.717, 1.165) is 29.5 Å². The number of amides is 1. The molecule has 31 heavy (non-hydrogen) atoms. The van der Waals surface area contributed by atoms with E-state index in [4.69, 9.17) is 5.21 Å². The lowest BCUT2D eigenvalue weighted by molar-refractivity contribution is -0.384. The molecule has 0 bridgehead atoms. The number of carbonyl (C=O) groups excluding carboxylic acids is 1. The van der Waals surface area contributed by atoms with Crippen molar-refractivity contribution in [3.05, 3.63) is 80.9 Å². The van der Waals surface area contributed by atoms with Crippen molar-refractivity contribution in [2.45, 2.75) is 37.5 Å². The molecule has 0 radical (unpaired) electrons. The van der Waals surface area contributed by atoms with Gasteiger partial charge in [0.2, 0.25) is 0 Å². The Balaban J connectivity index is 1.63. The van der Waals surface area contributed by atoms with E-state index in [1.165, 1.54) is 30.3 Å². The van der Waals surface area contributed by atoms with Crippen LogP contribution in [0.25, 0.3) is 6.08 Å². The van der Waals surface area contributed by atoms with Gasteiger partial charge in [-0.15, -0.1) is 0 Å². The predicted molar refractivity (Wildman–Crippen MR) is 113 cm³/mol. The quantitative estimate of drug-likeness (QED) is 0.178. The molecule has 5 N–H and O–H groups in total. The summed E-state index contributed by atoms with van der Waals surface area (Å²) in [4.78, 5) is 21.4. The number of non-ortho nitro benzene ring substituents is 1. The Morgan fingerprint density at radius 1 is 1.26 bits per heavy atom. The summed E-state index contributed by atoms with van der Waals surface area (Å²) in [6, 6.07) is 11.2. The first-order valence-corrected chi connectivity index (χ1v) is 9.95. The minimum Gasteiger partial charge on any atom is -0.395 e. The number of nitro groups is 1. The second-order valence-corrected chi connectivity index (χ2v) is 7.51. The predicted octanol–water partition coefficient (Wildman–Crippen LogP) is 2.17. The smallest absolute Gasteiger partial charge is 0.269 e. The van der Waals surface area contributed by atoms with Gasteiger partial charge < -0.3 is 15.5 Å². The zero-order valence-corrected chi connectivity index (χ0v) is 16.8. The number of benzene rings is 2. The first kappa shape index (κ1) is 22.6. The number of nitro benzene ring substituents is 1. The minimum atomic E-state index is -0.864. The van der Waals surface area contributed by atoms with Crippen LogP contribution in [-0.2, 0) is 11.2 Å². The number of nitrogens with one attached hydrogen (secondary N) is 2. The number of aryl methyl sites for hydroxylation is 1. The molecule has 0 saturated carbocycles. The molecule has 0 aromatic heterocycles. The third-order valence-corrected chi connectivity index (χ3v) is 5.44. The number of aliphatic hydroxyl groups excluding tert-OH is 2. The molecule has 164 valence electrons. The molecular weight excluding hydrogens is 402 g/mol. The number of fused-ring (bicyclic) bond motifs is 1. The fourth-order valence-electron chi connectivity index (χ4n) is 3.83. The van der Waals surface area contributed by atoms with Gasteiger partial charge in [-0.2, -0.15) is 0 Å². The Morgan fingerprint density at radius 2 is 2.00 bits per heavy atom. The lowest BCUT2D eigenvalue weighted by atomic mass is 10.00. The van der Waals surface area contributed by atoms with Gasteiger partial charge in [-0.1, -0.05) is 18.2 Å². The Labute approximate surface area is 179 Å². The van der Waals surface area contributed by atoms with Crippen molar-refractivity contribution >= 4 is 17.7 Å². The fraction of sp³-hybridized carbons (Fsp3) is 0.318. The van der Waals surface area contributed by atoms with Crippen LogP contribution >= 0.6 is 0 Å². The molecular formula is C22H25N3O6. The Hall–Kier alpha value is -3.11. The van der Waals surface area contributed by atoms with Crippen LogP contribution in [0, 0.1) is 10.1 Å². The fourth-order valence-corrected chi connectivity index (χ4v) is 3.83. The summed E-state index contributed by atoms with van der Waals surface area (Å²) in [7, 11) is 0. The summed E-state index contributed by atoms with van der Waals surface area (Å²) in [6.45, 7) is -0.160. The number of hydrogen-bond donors (Lipinski definition) is 5. The molecule has 3 rings (SSSR count). The molecule has 2 aromatic carbocycles. The summed E-state index contributed by atoms with van der Waals surface area (Å²) < 4.78 is 0. The molecule has 1 amide bonds. The maximum Gasteiger partial charge on any atom is 0.269 e. The van der Waals surface area contributed by atoms with Crippen LogP contribution in [0.5, 0.6) is 0 Å². The van der Waals surface area contributed by atoms with Gasteiger partial charge in [0.1, 0.15) is 0 Å². The second-order valence-electron chi connectivity index (χ2n) is 7.51. The average Bonchev–Trinajstić information content (AvgIpc) is 3.18. The standard InChI is InChI=1S/C22H25N3O6/c26-13-17(12-21(27)15-3-6-18(7-4-15)25(30)31)23-20-9-5-16-11-14(1-8-19(16)20)2-10-22(28)24-29/h1-4,6-8,10-11,17,20-21,23,26-27,29H,5,9,12-13H2,(H,24,28)/b10-2+. The third-order valence-electron chi connectivity index (χ3n) is 5.44. The van der Waals surface area contributed by atoms with Crippen LogP contribution in [0.2, 0.25) is 0 Å². The van der Waals surface area contributed by atoms with Crippen molar-refractivity contribution < 1.29 is 25.1 Å². The van der Waals surface area contributed by atoms with Gasteiger partial charge >= 0.3 is 0 Å². The van der Waals surface area contributed by atoms with Crippen LogP contribution in [0.15, 0.2) is 48.5 Å². The summed E-state index contributed by atoms with van der Waals surface area (Å²) in [5.74, 6) is -0.600. The third kappa shape index (κ3) is 5.74. The van der Waals surface area contributed by atoms with E-state index >= 15 is 0 Å². The van der Waals surface area contributed by atoms with Crippen molar-refractivity contribution in [2.75, 3.05) is 6.61 Å². The van der Waals surface area contributed by atoms with E-state index in [0.29, 0.717) is 5.56 Å². The topological polar surface area (TPSA) is 145 Å². The van der Waals surface area contributed by atoms with E-state index in [-0.39, 0.29) is 30.8 Å². The summed E-state index contributed by atoms with van der Waals surface area (Å²) in [5, 5.41) is 43.0. The van der Waals surface area contributed by atoms with Gasteiger partial charge in [0, 0.05) is 30.3 Å².